The minimum Gasteiger partial charge on any atom is -0.437 e. The fourth-order valence-corrected chi connectivity index (χ4v) is 5.39. The van der Waals surface area contributed by atoms with Crippen LogP contribution < -0.4 is 0 Å². The molecular formula is C28H34Cl2N2O3. The topological polar surface area (TPSA) is 53.0 Å². The van der Waals surface area contributed by atoms with Gasteiger partial charge in [-0.1, -0.05) is 66.9 Å². The van der Waals surface area contributed by atoms with Crippen LogP contribution in [0.5, 0.6) is 0 Å². The Morgan fingerprint density at radius 2 is 1.54 bits per heavy atom. The average molecular weight is 517 g/mol. The van der Waals surface area contributed by atoms with Crippen LogP contribution in [0, 0.1) is 0 Å². The lowest BCUT2D eigenvalue weighted by Crippen LogP contribution is -2.60. The Hall–Kier alpha value is -2.05. The molecule has 0 aromatic heterocycles. The van der Waals surface area contributed by atoms with Crippen LogP contribution in [0.3, 0.4) is 0 Å². The summed E-state index contributed by atoms with van der Waals surface area (Å²) in [7, 11) is 0. The molecule has 0 bridgehead atoms. The first kappa shape index (κ1) is 26.0. The molecule has 2 aromatic carbocycles. The van der Waals surface area contributed by atoms with E-state index in [1.54, 1.807) is 6.92 Å². The summed E-state index contributed by atoms with van der Waals surface area (Å²) in [5.41, 5.74) is 1.25. The summed E-state index contributed by atoms with van der Waals surface area (Å²) in [5.74, 6) is 0. The normalized spacial score (nSPS) is 21.9. The Balaban J connectivity index is 1.41. The molecule has 1 spiro atoms. The van der Waals surface area contributed by atoms with Crippen molar-refractivity contribution in [2.24, 2.45) is 0 Å². The highest BCUT2D eigenvalue weighted by molar-refractivity contribution is 6.31. The quantitative estimate of drug-likeness (QED) is 0.428. The van der Waals surface area contributed by atoms with Crippen LogP contribution in [0.2, 0.25) is 10.0 Å². The number of halogens is 2. The van der Waals surface area contributed by atoms with E-state index in [1.807, 2.05) is 48.5 Å². The minimum atomic E-state index is -1.28. The summed E-state index contributed by atoms with van der Waals surface area (Å²) in [5, 5.41) is 12.7. The van der Waals surface area contributed by atoms with Crippen LogP contribution in [0.1, 0.15) is 57.1 Å². The van der Waals surface area contributed by atoms with E-state index in [4.69, 9.17) is 27.9 Å². The van der Waals surface area contributed by atoms with Crippen LogP contribution in [0.15, 0.2) is 54.6 Å². The SMILES string of the molecule is CCCCN1C(=O)OC2(CCN(CCC=C(c3ccc(Cl)cc3)c3ccc(Cl)cc3)CC2)C1(C)O. The Labute approximate surface area is 218 Å². The number of unbranched alkanes of at least 4 members (excludes halogenated alkanes) is 1. The number of carbonyl (C=O) groups is 1. The number of carbonyl (C=O) groups excluding carboxylic acids is 1. The summed E-state index contributed by atoms with van der Waals surface area (Å²) >= 11 is 12.2. The number of nitrogens with zero attached hydrogens (tertiary/aromatic N) is 2. The molecule has 1 amide bonds. The van der Waals surface area contributed by atoms with Crippen molar-refractivity contribution in [1.82, 2.24) is 9.80 Å². The van der Waals surface area contributed by atoms with Crippen molar-refractivity contribution in [3.63, 3.8) is 0 Å². The average Bonchev–Trinajstić information content (AvgIpc) is 3.02. The number of hydrogen-bond acceptors (Lipinski definition) is 4. The third-order valence-electron chi connectivity index (χ3n) is 7.40. The molecule has 2 heterocycles. The van der Waals surface area contributed by atoms with Gasteiger partial charge in [0.15, 0.2) is 11.3 Å². The fourth-order valence-electron chi connectivity index (χ4n) is 5.13. The first-order chi connectivity index (χ1) is 16.8. The van der Waals surface area contributed by atoms with Gasteiger partial charge in [-0.25, -0.2) is 4.79 Å². The predicted molar refractivity (Wildman–Crippen MR) is 142 cm³/mol. The third kappa shape index (κ3) is 5.54. The van der Waals surface area contributed by atoms with Crippen LogP contribution >= 0.6 is 23.2 Å². The fraction of sp³-hybridized carbons (Fsp3) is 0.464. The van der Waals surface area contributed by atoms with Crippen molar-refractivity contribution in [3.05, 3.63) is 75.8 Å². The number of amides is 1. The molecule has 2 aliphatic rings. The van der Waals surface area contributed by atoms with Gasteiger partial charge in [-0.15, -0.1) is 0 Å². The molecule has 1 unspecified atom stereocenters. The molecule has 2 saturated heterocycles. The third-order valence-corrected chi connectivity index (χ3v) is 7.90. The van der Waals surface area contributed by atoms with E-state index in [1.165, 1.54) is 4.90 Å². The molecule has 2 aliphatic heterocycles. The summed E-state index contributed by atoms with van der Waals surface area (Å²) in [4.78, 5) is 16.4. The first-order valence-electron chi connectivity index (χ1n) is 12.4. The molecule has 188 valence electrons. The number of rotatable bonds is 8. The number of benzene rings is 2. The zero-order chi connectivity index (χ0) is 25.1. The number of ether oxygens (including phenoxy) is 1. The maximum atomic E-state index is 12.5. The highest BCUT2D eigenvalue weighted by atomic mass is 35.5. The van der Waals surface area contributed by atoms with E-state index in [-0.39, 0.29) is 0 Å². The summed E-state index contributed by atoms with van der Waals surface area (Å²) in [6.45, 7) is 6.76. The summed E-state index contributed by atoms with van der Waals surface area (Å²) in [6.07, 6.45) is 5.79. The molecule has 0 aliphatic carbocycles. The zero-order valence-electron chi connectivity index (χ0n) is 20.5. The van der Waals surface area contributed by atoms with Crippen molar-refractivity contribution in [2.45, 2.75) is 57.3 Å². The zero-order valence-corrected chi connectivity index (χ0v) is 22.0. The van der Waals surface area contributed by atoms with Crippen molar-refractivity contribution in [3.8, 4) is 0 Å². The first-order valence-corrected chi connectivity index (χ1v) is 13.2. The van der Waals surface area contributed by atoms with E-state index in [0.29, 0.717) is 29.4 Å². The van der Waals surface area contributed by atoms with Gasteiger partial charge in [0.05, 0.1) is 0 Å². The van der Waals surface area contributed by atoms with Crippen LogP contribution in [-0.2, 0) is 4.74 Å². The Morgan fingerprint density at radius 3 is 2.06 bits per heavy atom. The number of hydrogen-bond donors (Lipinski definition) is 1. The smallest absolute Gasteiger partial charge is 0.412 e. The molecule has 1 N–H and O–H groups in total. The molecule has 7 heteroatoms. The standard InChI is InChI=1S/C28H34Cl2N2O3/c1-3-4-18-32-26(33)35-28(27(32,2)34)15-19-31(20-16-28)17-5-6-25(21-7-11-23(29)12-8-21)22-9-13-24(30)14-10-22/h6-14,34H,3-5,15-20H2,1-2H3. The Bertz CT molecular complexity index is 995. The lowest BCUT2D eigenvalue weighted by Gasteiger charge is -2.44. The van der Waals surface area contributed by atoms with E-state index < -0.39 is 17.4 Å². The van der Waals surface area contributed by atoms with Gasteiger partial charge in [-0.2, -0.15) is 0 Å². The van der Waals surface area contributed by atoms with Gasteiger partial charge in [0.1, 0.15) is 0 Å². The molecule has 1 atom stereocenters. The van der Waals surface area contributed by atoms with Gasteiger partial charge >= 0.3 is 6.09 Å². The second-order valence-corrected chi connectivity index (χ2v) is 10.5. The Kier molecular flexibility index (Phi) is 8.12. The van der Waals surface area contributed by atoms with Crippen LogP contribution in [0.25, 0.3) is 5.57 Å². The second-order valence-electron chi connectivity index (χ2n) is 9.65. The largest absolute Gasteiger partial charge is 0.437 e. The molecule has 2 aromatic rings. The molecule has 0 saturated carbocycles. The van der Waals surface area contributed by atoms with Crippen LogP contribution in [-0.4, -0.2) is 58.5 Å². The van der Waals surface area contributed by atoms with Crippen molar-refractivity contribution < 1.29 is 14.6 Å². The number of aliphatic hydroxyl groups is 1. The summed E-state index contributed by atoms with van der Waals surface area (Å²) < 4.78 is 5.82. The second kappa shape index (κ2) is 10.9. The lowest BCUT2D eigenvalue weighted by atomic mass is 9.82. The van der Waals surface area contributed by atoms with Crippen molar-refractivity contribution in [2.75, 3.05) is 26.2 Å². The Morgan fingerprint density at radius 1 is 1.00 bits per heavy atom. The molecule has 35 heavy (non-hydrogen) atoms. The maximum absolute atomic E-state index is 12.5. The van der Waals surface area contributed by atoms with Gasteiger partial charge in [0, 0.05) is 49.1 Å². The lowest BCUT2D eigenvalue weighted by molar-refractivity contribution is -0.165. The van der Waals surface area contributed by atoms with E-state index in [9.17, 15) is 9.90 Å². The molecule has 4 rings (SSSR count). The van der Waals surface area contributed by atoms with Gasteiger partial charge in [-0.05, 0) is 60.7 Å². The van der Waals surface area contributed by atoms with Crippen molar-refractivity contribution >= 4 is 34.9 Å². The van der Waals surface area contributed by atoms with Crippen LogP contribution in [0.4, 0.5) is 4.79 Å². The van der Waals surface area contributed by atoms with E-state index in [0.717, 1.165) is 55.6 Å². The monoisotopic (exact) mass is 516 g/mol. The van der Waals surface area contributed by atoms with Gasteiger partial charge < -0.3 is 14.7 Å². The number of piperidine rings is 1. The van der Waals surface area contributed by atoms with E-state index in [2.05, 4.69) is 17.9 Å². The number of likely N-dealkylation sites (tertiary alicyclic amines) is 1. The van der Waals surface area contributed by atoms with Crippen molar-refractivity contribution in [1.29, 1.82) is 0 Å². The highest BCUT2D eigenvalue weighted by Crippen LogP contribution is 2.44. The molecule has 5 nitrogen and oxygen atoms in total. The maximum Gasteiger partial charge on any atom is 0.412 e. The molecule has 2 fully saturated rings. The summed E-state index contributed by atoms with van der Waals surface area (Å²) in [6, 6.07) is 15.8. The predicted octanol–water partition coefficient (Wildman–Crippen LogP) is 6.61. The van der Waals surface area contributed by atoms with Gasteiger partial charge in [0.25, 0.3) is 0 Å². The van der Waals surface area contributed by atoms with Gasteiger partial charge in [-0.3, -0.25) is 4.90 Å². The minimum absolute atomic E-state index is 0.393. The van der Waals surface area contributed by atoms with E-state index >= 15 is 0 Å². The van der Waals surface area contributed by atoms with Gasteiger partial charge in [0.2, 0.25) is 0 Å². The molecule has 0 radical (unpaired) electrons. The highest BCUT2D eigenvalue weighted by Gasteiger charge is 2.62. The molecular weight excluding hydrogens is 483 g/mol.